The lowest BCUT2D eigenvalue weighted by atomic mass is 10.1. The molecule has 1 unspecified atom stereocenters. The molecule has 5 nitrogen and oxygen atoms in total. The number of benzene rings is 1. The monoisotopic (exact) mass is 273 g/mol. The predicted octanol–water partition coefficient (Wildman–Crippen LogP) is 2.25. The second-order valence-corrected chi connectivity index (χ2v) is 5.09. The van der Waals surface area contributed by atoms with E-state index in [1.54, 1.807) is 6.20 Å². The molecule has 1 atom stereocenters. The van der Waals surface area contributed by atoms with E-state index in [1.165, 1.54) is 5.56 Å². The number of H-pyrrole nitrogens is 1. The number of hydrogen-bond acceptors (Lipinski definition) is 4. The van der Waals surface area contributed by atoms with E-state index in [1.807, 2.05) is 12.1 Å². The van der Waals surface area contributed by atoms with Crippen molar-refractivity contribution in [1.29, 1.82) is 0 Å². The van der Waals surface area contributed by atoms with Gasteiger partial charge in [-0.15, -0.1) is 0 Å². The summed E-state index contributed by atoms with van der Waals surface area (Å²) in [5.74, 6) is 1.71. The van der Waals surface area contributed by atoms with Gasteiger partial charge in [0.25, 0.3) is 0 Å². The number of aromatic amines is 1. The van der Waals surface area contributed by atoms with Crippen molar-refractivity contribution < 1.29 is 9.47 Å². The van der Waals surface area contributed by atoms with Crippen molar-refractivity contribution in [3.05, 3.63) is 41.7 Å². The Balaban J connectivity index is 1.46. The first-order valence-corrected chi connectivity index (χ1v) is 6.91. The van der Waals surface area contributed by atoms with Crippen molar-refractivity contribution in [1.82, 2.24) is 15.5 Å². The second-order valence-electron chi connectivity index (χ2n) is 5.09. The molecule has 106 valence electrons. The molecule has 1 aromatic carbocycles. The summed E-state index contributed by atoms with van der Waals surface area (Å²) in [5.41, 5.74) is 2.39. The summed E-state index contributed by atoms with van der Waals surface area (Å²) < 4.78 is 10.7. The highest BCUT2D eigenvalue weighted by molar-refractivity contribution is 5.44. The molecule has 20 heavy (non-hydrogen) atoms. The molecular weight excluding hydrogens is 254 g/mol. The Hall–Kier alpha value is -2.01. The Morgan fingerprint density at radius 3 is 3.05 bits per heavy atom. The highest BCUT2D eigenvalue weighted by Gasteiger charge is 2.13. The van der Waals surface area contributed by atoms with Gasteiger partial charge >= 0.3 is 0 Å². The molecule has 0 radical (unpaired) electrons. The van der Waals surface area contributed by atoms with Gasteiger partial charge in [-0.05, 0) is 43.5 Å². The first kappa shape index (κ1) is 13.0. The van der Waals surface area contributed by atoms with Crippen molar-refractivity contribution in [3.63, 3.8) is 0 Å². The van der Waals surface area contributed by atoms with Gasteiger partial charge in [0, 0.05) is 24.5 Å². The van der Waals surface area contributed by atoms with Crippen LogP contribution in [-0.4, -0.2) is 23.0 Å². The number of hydrogen-bond donors (Lipinski definition) is 2. The second kappa shape index (κ2) is 5.96. The summed E-state index contributed by atoms with van der Waals surface area (Å²) in [6.07, 6.45) is 3.87. The Morgan fingerprint density at radius 1 is 1.30 bits per heavy atom. The van der Waals surface area contributed by atoms with Crippen LogP contribution in [0.25, 0.3) is 0 Å². The van der Waals surface area contributed by atoms with Crippen LogP contribution in [0.15, 0.2) is 30.5 Å². The van der Waals surface area contributed by atoms with Gasteiger partial charge in [0.1, 0.15) is 0 Å². The summed E-state index contributed by atoms with van der Waals surface area (Å²) in [7, 11) is 0. The maximum Gasteiger partial charge on any atom is 0.231 e. The molecule has 0 saturated heterocycles. The summed E-state index contributed by atoms with van der Waals surface area (Å²) in [4.78, 5) is 0. The van der Waals surface area contributed by atoms with Gasteiger partial charge in [-0.3, -0.25) is 5.10 Å². The Labute approximate surface area is 118 Å². The van der Waals surface area contributed by atoms with Crippen LogP contribution < -0.4 is 14.8 Å². The molecule has 1 aliphatic heterocycles. The largest absolute Gasteiger partial charge is 0.454 e. The zero-order chi connectivity index (χ0) is 13.8. The number of aryl methyl sites for hydroxylation is 1. The molecule has 3 rings (SSSR count). The minimum atomic E-state index is 0.334. The van der Waals surface area contributed by atoms with Crippen LogP contribution in [0.4, 0.5) is 0 Å². The van der Waals surface area contributed by atoms with Crippen molar-refractivity contribution in [3.8, 4) is 11.5 Å². The van der Waals surface area contributed by atoms with Crippen LogP contribution >= 0.6 is 0 Å². The molecule has 2 heterocycles. The molecule has 1 aromatic heterocycles. The number of rotatable bonds is 6. The van der Waals surface area contributed by atoms with E-state index in [0.29, 0.717) is 12.8 Å². The van der Waals surface area contributed by atoms with E-state index in [2.05, 4.69) is 34.6 Å². The fourth-order valence-corrected chi connectivity index (χ4v) is 2.25. The third-order valence-electron chi connectivity index (χ3n) is 3.50. The topological polar surface area (TPSA) is 59.2 Å². The maximum atomic E-state index is 5.39. The fourth-order valence-electron chi connectivity index (χ4n) is 2.25. The van der Waals surface area contributed by atoms with Gasteiger partial charge < -0.3 is 14.8 Å². The van der Waals surface area contributed by atoms with Gasteiger partial charge in [0.2, 0.25) is 6.79 Å². The van der Waals surface area contributed by atoms with Gasteiger partial charge in [0.05, 0.1) is 0 Å². The average molecular weight is 273 g/mol. The molecule has 0 fully saturated rings. The normalized spacial score (nSPS) is 14.4. The third-order valence-corrected chi connectivity index (χ3v) is 3.50. The summed E-state index contributed by atoms with van der Waals surface area (Å²) >= 11 is 0. The number of aromatic nitrogens is 2. The molecule has 0 amide bonds. The van der Waals surface area contributed by atoms with E-state index in [9.17, 15) is 0 Å². The lowest BCUT2D eigenvalue weighted by Crippen LogP contribution is -2.26. The van der Waals surface area contributed by atoms with Gasteiger partial charge in [0.15, 0.2) is 11.5 Å². The minimum absolute atomic E-state index is 0.334. The third kappa shape index (κ3) is 3.11. The number of ether oxygens (including phenoxy) is 2. The molecule has 0 spiro atoms. The van der Waals surface area contributed by atoms with Gasteiger partial charge in [-0.25, -0.2) is 0 Å². The Morgan fingerprint density at radius 2 is 2.20 bits per heavy atom. The van der Waals surface area contributed by atoms with Crippen LogP contribution in [0, 0.1) is 0 Å². The molecule has 2 N–H and O–H groups in total. The lowest BCUT2D eigenvalue weighted by Gasteiger charge is -2.13. The molecule has 1 aliphatic rings. The minimum Gasteiger partial charge on any atom is -0.454 e. The van der Waals surface area contributed by atoms with Crippen LogP contribution in [0.5, 0.6) is 11.5 Å². The van der Waals surface area contributed by atoms with E-state index in [-0.39, 0.29) is 0 Å². The molecule has 0 bridgehead atoms. The van der Waals surface area contributed by atoms with Crippen molar-refractivity contribution in [2.24, 2.45) is 0 Å². The van der Waals surface area contributed by atoms with Crippen molar-refractivity contribution in [2.75, 3.05) is 6.79 Å². The van der Waals surface area contributed by atoms with Crippen LogP contribution in [0.1, 0.15) is 24.6 Å². The Bertz CT molecular complexity index is 554. The fraction of sp³-hybridized carbons (Fsp3) is 0.400. The smallest absolute Gasteiger partial charge is 0.231 e. The van der Waals surface area contributed by atoms with E-state index < -0.39 is 0 Å². The molecule has 2 aromatic rings. The lowest BCUT2D eigenvalue weighted by molar-refractivity contribution is 0.174. The average Bonchev–Trinajstić information content (AvgIpc) is 3.13. The first-order valence-electron chi connectivity index (χ1n) is 6.91. The maximum absolute atomic E-state index is 5.39. The van der Waals surface area contributed by atoms with E-state index in [4.69, 9.17) is 9.47 Å². The standard InChI is InChI=1S/C15H19N3O2/c1-11(16-9-13-6-7-17-18-13)2-3-12-4-5-14-15(8-12)20-10-19-14/h4-8,11,16H,2-3,9-10H2,1H3,(H,17,18). The SMILES string of the molecule is CC(CCc1ccc2c(c1)OCO2)NCc1ccn[nH]1. The number of nitrogens with zero attached hydrogens (tertiary/aromatic N) is 1. The zero-order valence-corrected chi connectivity index (χ0v) is 11.6. The molecule has 5 heteroatoms. The van der Waals surface area contributed by atoms with E-state index in [0.717, 1.165) is 36.6 Å². The summed E-state index contributed by atoms with van der Waals surface area (Å²) in [5, 5.41) is 10.4. The molecule has 0 aliphatic carbocycles. The van der Waals surface area contributed by atoms with E-state index >= 15 is 0 Å². The molecule has 0 saturated carbocycles. The van der Waals surface area contributed by atoms with Gasteiger partial charge in [-0.1, -0.05) is 6.07 Å². The summed E-state index contributed by atoms with van der Waals surface area (Å²) in [6.45, 7) is 3.35. The van der Waals surface area contributed by atoms with Crippen molar-refractivity contribution in [2.45, 2.75) is 32.4 Å². The van der Waals surface area contributed by atoms with Crippen LogP contribution in [0.2, 0.25) is 0 Å². The number of fused-ring (bicyclic) bond motifs is 1. The highest BCUT2D eigenvalue weighted by Crippen LogP contribution is 2.32. The zero-order valence-electron chi connectivity index (χ0n) is 11.6. The predicted molar refractivity (Wildman–Crippen MR) is 75.8 cm³/mol. The van der Waals surface area contributed by atoms with Crippen molar-refractivity contribution >= 4 is 0 Å². The molecular formula is C15H19N3O2. The summed E-state index contributed by atoms with van der Waals surface area (Å²) in [6, 6.07) is 8.60. The number of nitrogens with one attached hydrogen (secondary N) is 2. The van der Waals surface area contributed by atoms with Gasteiger partial charge in [-0.2, -0.15) is 5.10 Å². The quantitative estimate of drug-likeness (QED) is 0.847. The Kier molecular flexibility index (Phi) is 3.87. The highest BCUT2D eigenvalue weighted by atomic mass is 16.7. The van der Waals surface area contributed by atoms with Crippen LogP contribution in [-0.2, 0) is 13.0 Å². The first-order chi connectivity index (χ1) is 9.81. The van der Waals surface area contributed by atoms with Crippen LogP contribution in [0.3, 0.4) is 0 Å².